The first-order valence-corrected chi connectivity index (χ1v) is 5.69. The number of anilines is 2. The number of nitrogens with two attached hydrogens (primary N) is 1. The van der Waals surface area contributed by atoms with Crippen molar-refractivity contribution in [1.82, 2.24) is 0 Å². The van der Waals surface area contributed by atoms with Crippen LogP contribution in [0.1, 0.15) is 19.8 Å². The molecule has 1 aliphatic rings. The molecule has 2 atom stereocenters. The van der Waals surface area contributed by atoms with Crippen molar-refractivity contribution in [3.05, 3.63) is 29.6 Å². The van der Waals surface area contributed by atoms with Crippen LogP contribution >= 0.6 is 11.6 Å². The number of nitrogen functional groups attached to an aromatic ring is 1. The van der Waals surface area contributed by atoms with Crippen LogP contribution in [0, 0.1) is 12.3 Å². The van der Waals surface area contributed by atoms with E-state index in [4.69, 9.17) is 17.3 Å². The standard InChI is InChI=1S/C12H16ClN2/c1-8-3-2-4-11(8)15-12-6-5-9(14)7-10(12)13/h3,5-8,11,15H,2,4,14H2,1H3. The fraction of sp³-hybridized carbons (Fsp3) is 0.417. The first-order chi connectivity index (χ1) is 7.16. The van der Waals surface area contributed by atoms with Crippen LogP contribution < -0.4 is 11.1 Å². The van der Waals surface area contributed by atoms with Crippen LogP contribution in [0.15, 0.2) is 18.2 Å². The zero-order valence-corrected chi connectivity index (χ0v) is 9.59. The van der Waals surface area contributed by atoms with Crippen molar-refractivity contribution >= 4 is 23.0 Å². The van der Waals surface area contributed by atoms with E-state index in [9.17, 15) is 0 Å². The van der Waals surface area contributed by atoms with E-state index in [1.54, 1.807) is 6.07 Å². The molecular formula is C12H16ClN2. The van der Waals surface area contributed by atoms with Gasteiger partial charge in [0.1, 0.15) is 0 Å². The summed E-state index contributed by atoms with van der Waals surface area (Å²) in [6.45, 7) is 2.23. The lowest BCUT2D eigenvalue weighted by molar-refractivity contribution is 0.610. The van der Waals surface area contributed by atoms with E-state index in [-0.39, 0.29) is 0 Å². The number of nitrogens with one attached hydrogen (secondary N) is 1. The largest absolute Gasteiger partial charge is 0.399 e. The number of benzene rings is 1. The van der Waals surface area contributed by atoms with Crippen LogP contribution in [-0.2, 0) is 0 Å². The van der Waals surface area contributed by atoms with E-state index in [0.29, 0.717) is 22.7 Å². The maximum absolute atomic E-state index is 6.10. The third-order valence-corrected chi connectivity index (χ3v) is 3.30. The average Bonchev–Trinajstić information content (AvgIpc) is 2.57. The number of hydrogen-bond donors (Lipinski definition) is 2. The summed E-state index contributed by atoms with van der Waals surface area (Å²) in [6, 6.07) is 6.11. The van der Waals surface area contributed by atoms with Crippen LogP contribution in [0.2, 0.25) is 5.02 Å². The Morgan fingerprint density at radius 2 is 2.27 bits per heavy atom. The van der Waals surface area contributed by atoms with Gasteiger partial charge in [-0.3, -0.25) is 0 Å². The Morgan fingerprint density at radius 1 is 1.47 bits per heavy atom. The molecule has 0 spiro atoms. The molecule has 15 heavy (non-hydrogen) atoms. The molecule has 3 heteroatoms. The van der Waals surface area contributed by atoms with Crippen LogP contribution in [-0.4, -0.2) is 6.04 Å². The molecule has 1 radical (unpaired) electrons. The Morgan fingerprint density at radius 3 is 2.87 bits per heavy atom. The van der Waals surface area contributed by atoms with Gasteiger partial charge in [0.25, 0.3) is 0 Å². The van der Waals surface area contributed by atoms with Gasteiger partial charge in [0, 0.05) is 11.7 Å². The predicted octanol–water partition coefficient (Wildman–Crippen LogP) is 3.34. The fourth-order valence-electron chi connectivity index (χ4n) is 2.02. The van der Waals surface area contributed by atoms with Gasteiger partial charge in [0.15, 0.2) is 0 Å². The Kier molecular flexibility index (Phi) is 3.06. The molecule has 1 aromatic carbocycles. The highest BCUT2D eigenvalue weighted by molar-refractivity contribution is 6.33. The van der Waals surface area contributed by atoms with E-state index in [1.807, 2.05) is 12.1 Å². The highest BCUT2D eigenvalue weighted by atomic mass is 35.5. The van der Waals surface area contributed by atoms with Gasteiger partial charge in [-0.25, -0.2) is 0 Å². The Balaban J connectivity index is 2.10. The number of rotatable bonds is 2. The van der Waals surface area contributed by atoms with Crippen molar-refractivity contribution in [2.24, 2.45) is 5.92 Å². The minimum absolute atomic E-state index is 0.506. The second kappa shape index (κ2) is 4.31. The smallest absolute Gasteiger partial charge is 0.0658 e. The third kappa shape index (κ3) is 2.37. The Bertz CT molecular complexity index is 351. The normalized spacial score (nSPS) is 25.5. The maximum Gasteiger partial charge on any atom is 0.0658 e. The van der Waals surface area contributed by atoms with Crippen LogP contribution in [0.3, 0.4) is 0 Å². The van der Waals surface area contributed by atoms with E-state index in [1.165, 1.54) is 12.8 Å². The summed E-state index contributed by atoms with van der Waals surface area (Å²) in [6.07, 6.45) is 4.72. The molecule has 0 aromatic heterocycles. The van der Waals surface area contributed by atoms with Gasteiger partial charge >= 0.3 is 0 Å². The van der Waals surface area contributed by atoms with E-state index in [2.05, 4.69) is 18.7 Å². The van der Waals surface area contributed by atoms with Crippen LogP contribution in [0.5, 0.6) is 0 Å². The molecule has 0 aliphatic heterocycles. The molecular weight excluding hydrogens is 208 g/mol. The molecule has 3 N–H and O–H groups in total. The molecule has 1 aromatic rings. The van der Waals surface area contributed by atoms with Gasteiger partial charge in [0.2, 0.25) is 0 Å². The van der Waals surface area contributed by atoms with Gasteiger partial charge in [-0.15, -0.1) is 0 Å². The quantitative estimate of drug-likeness (QED) is 0.755. The lowest BCUT2D eigenvalue weighted by atomic mass is 10.1. The molecule has 0 heterocycles. The summed E-state index contributed by atoms with van der Waals surface area (Å²) in [5, 5.41) is 4.17. The highest BCUT2D eigenvalue weighted by Crippen LogP contribution is 2.30. The molecule has 2 rings (SSSR count). The van der Waals surface area contributed by atoms with Gasteiger partial charge in [-0.05, 0) is 43.4 Å². The topological polar surface area (TPSA) is 38.0 Å². The van der Waals surface area contributed by atoms with Crippen molar-refractivity contribution in [1.29, 1.82) is 0 Å². The summed E-state index contributed by atoms with van der Waals surface area (Å²) in [7, 11) is 0. The zero-order valence-electron chi connectivity index (χ0n) is 8.83. The van der Waals surface area contributed by atoms with Crippen molar-refractivity contribution < 1.29 is 0 Å². The molecule has 0 saturated heterocycles. The summed E-state index contributed by atoms with van der Waals surface area (Å²) in [5.74, 6) is 0.610. The van der Waals surface area contributed by atoms with Gasteiger partial charge < -0.3 is 11.1 Å². The van der Waals surface area contributed by atoms with Crippen LogP contribution in [0.4, 0.5) is 11.4 Å². The minimum Gasteiger partial charge on any atom is -0.399 e. The monoisotopic (exact) mass is 223 g/mol. The molecule has 1 aliphatic carbocycles. The first kappa shape index (κ1) is 10.6. The minimum atomic E-state index is 0.506. The SMILES string of the molecule is CC1[CH]CCC1Nc1ccc(N)cc1Cl. The second-order valence-electron chi connectivity index (χ2n) is 4.16. The first-order valence-electron chi connectivity index (χ1n) is 5.31. The molecule has 2 nitrogen and oxygen atoms in total. The van der Waals surface area contributed by atoms with E-state index >= 15 is 0 Å². The Labute approximate surface area is 95.8 Å². The number of hydrogen-bond acceptors (Lipinski definition) is 2. The third-order valence-electron chi connectivity index (χ3n) is 2.98. The zero-order chi connectivity index (χ0) is 10.8. The van der Waals surface area contributed by atoms with Crippen LogP contribution in [0.25, 0.3) is 0 Å². The molecule has 2 unspecified atom stereocenters. The highest BCUT2D eigenvalue weighted by Gasteiger charge is 2.23. The van der Waals surface area contributed by atoms with Crippen molar-refractivity contribution in [2.45, 2.75) is 25.8 Å². The molecule has 0 amide bonds. The average molecular weight is 224 g/mol. The summed E-state index contributed by atoms with van der Waals surface area (Å²) in [4.78, 5) is 0. The Hall–Kier alpha value is -0.890. The second-order valence-corrected chi connectivity index (χ2v) is 4.57. The van der Waals surface area contributed by atoms with Crippen molar-refractivity contribution in [3.8, 4) is 0 Å². The number of halogens is 1. The van der Waals surface area contributed by atoms with Gasteiger partial charge in [-0.2, -0.15) is 0 Å². The fourth-order valence-corrected chi connectivity index (χ4v) is 2.26. The lowest BCUT2D eigenvalue weighted by Crippen LogP contribution is -2.22. The molecule has 1 saturated carbocycles. The lowest BCUT2D eigenvalue weighted by Gasteiger charge is -2.19. The maximum atomic E-state index is 6.10. The van der Waals surface area contributed by atoms with Gasteiger partial charge in [-0.1, -0.05) is 18.5 Å². The van der Waals surface area contributed by atoms with E-state index < -0.39 is 0 Å². The summed E-state index contributed by atoms with van der Waals surface area (Å²) >= 11 is 6.10. The van der Waals surface area contributed by atoms with Gasteiger partial charge in [0.05, 0.1) is 10.7 Å². The summed E-state index contributed by atoms with van der Waals surface area (Å²) < 4.78 is 0. The molecule has 1 fully saturated rings. The molecule has 0 bridgehead atoms. The summed E-state index contributed by atoms with van der Waals surface area (Å²) in [5.41, 5.74) is 7.33. The van der Waals surface area contributed by atoms with E-state index in [0.717, 1.165) is 5.69 Å². The van der Waals surface area contributed by atoms with Crippen molar-refractivity contribution in [3.63, 3.8) is 0 Å². The molecule has 81 valence electrons. The van der Waals surface area contributed by atoms with Crippen molar-refractivity contribution in [2.75, 3.05) is 11.1 Å². The predicted molar refractivity (Wildman–Crippen MR) is 66.0 cm³/mol.